The summed E-state index contributed by atoms with van der Waals surface area (Å²) in [7, 11) is 0. The lowest BCUT2D eigenvalue weighted by atomic mass is 9.89. The van der Waals surface area contributed by atoms with Crippen LogP contribution < -0.4 is 11.1 Å². The van der Waals surface area contributed by atoms with Gasteiger partial charge in [-0.25, -0.2) is 0 Å². The van der Waals surface area contributed by atoms with Gasteiger partial charge < -0.3 is 15.8 Å². The number of nitrogens with one attached hydrogen (secondary N) is 1. The Kier molecular flexibility index (Phi) is 4.85. The molecule has 0 radical (unpaired) electrons. The topological polar surface area (TPSA) is 81.4 Å². The summed E-state index contributed by atoms with van der Waals surface area (Å²) in [5.74, 6) is -1.11. The van der Waals surface area contributed by atoms with Crippen molar-refractivity contribution in [3.8, 4) is 0 Å². The quantitative estimate of drug-likeness (QED) is 0.886. The third kappa shape index (κ3) is 3.54. The highest BCUT2D eigenvalue weighted by molar-refractivity contribution is 6.30. The van der Waals surface area contributed by atoms with Crippen molar-refractivity contribution < 1.29 is 14.3 Å². The number of ether oxygens (including phenoxy) is 1. The van der Waals surface area contributed by atoms with E-state index in [0.717, 1.165) is 12.8 Å². The van der Waals surface area contributed by atoms with Gasteiger partial charge in [-0.15, -0.1) is 0 Å². The van der Waals surface area contributed by atoms with E-state index in [1.165, 1.54) is 0 Å². The molecule has 2 rings (SSSR count). The minimum atomic E-state index is -1.29. The van der Waals surface area contributed by atoms with Gasteiger partial charge >= 0.3 is 0 Å². The van der Waals surface area contributed by atoms with Gasteiger partial charge in [0, 0.05) is 11.6 Å². The van der Waals surface area contributed by atoms with E-state index in [0.29, 0.717) is 23.8 Å². The van der Waals surface area contributed by atoms with Gasteiger partial charge in [-0.2, -0.15) is 0 Å². The molecule has 1 aromatic carbocycles. The number of hydrogen-bond donors (Lipinski definition) is 2. The smallest absolute Gasteiger partial charge is 0.247 e. The molecule has 1 aliphatic rings. The second kappa shape index (κ2) is 6.45. The maximum absolute atomic E-state index is 12.3. The third-order valence-corrected chi connectivity index (χ3v) is 4.03. The Hall–Kier alpha value is -1.59. The van der Waals surface area contributed by atoms with E-state index >= 15 is 0 Å². The number of benzene rings is 1. The number of halogens is 1. The normalized spacial score (nSPS) is 21.3. The van der Waals surface area contributed by atoms with Crippen molar-refractivity contribution in [3.63, 3.8) is 0 Å². The number of rotatable bonds is 4. The highest BCUT2D eigenvalue weighted by atomic mass is 35.5. The fourth-order valence-corrected chi connectivity index (χ4v) is 2.56. The fourth-order valence-electron chi connectivity index (χ4n) is 2.37. The van der Waals surface area contributed by atoms with E-state index in [4.69, 9.17) is 22.1 Å². The Labute approximate surface area is 128 Å². The molecule has 2 atom stereocenters. The van der Waals surface area contributed by atoms with Crippen LogP contribution in [-0.4, -0.2) is 25.0 Å². The average Bonchev–Trinajstić information content (AvgIpc) is 2.47. The number of amides is 2. The predicted octanol–water partition coefficient (Wildman–Crippen LogP) is 1.58. The van der Waals surface area contributed by atoms with E-state index in [1.54, 1.807) is 31.2 Å². The SMILES string of the molecule is C[C@](NC(=O)[C@H]1CCCOC1)(C(N)=O)c1cccc(Cl)c1. The monoisotopic (exact) mass is 310 g/mol. The average molecular weight is 311 g/mol. The van der Waals surface area contributed by atoms with Crippen LogP contribution in [0.3, 0.4) is 0 Å². The van der Waals surface area contributed by atoms with Crippen LogP contribution in [-0.2, 0) is 19.9 Å². The van der Waals surface area contributed by atoms with Crippen LogP contribution >= 0.6 is 11.6 Å². The van der Waals surface area contributed by atoms with Gasteiger partial charge in [0.15, 0.2) is 0 Å². The van der Waals surface area contributed by atoms with Gasteiger partial charge in [0.2, 0.25) is 11.8 Å². The Morgan fingerprint density at radius 3 is 2.81 bits per heavy atom. The zero-order valence-electron chi connectivity index (χ0n) is 11.9. The number of hydrogen-bond acceptors (Lipinski definition) is 3. The molecule has 0 spiro atoms. The summed E-state index contributed by atoms with van der Waals surface area (Å²) in [4.78, 5) is 24.2. The molecular formula is C15H19ClN2O3. The molecule has 2 amide bonds. The van der Waals surface area contributed by atoms with Gasteiger partial charge in [-0.3, -0.25) is 9.59 Å². The van der Waals surface area contributed by atoms with Crippen LogP contribution in [0.2, 0.25) is 5.02 Å². The van der Waals surface area contributed by atoms with Crippen molar-refractivity contribution >= 4 is 23.4 Å². The molecule has 114 valence electrons. The fraction of sp³-hybridized carbons (Fsp3) is 0.467. The van der Waals surface area contributed by atoms with E-state index < -0.39 is 11.4 Å². The summed E-state index contributed by atoms with van der Waals surface area (Å²) in [5.41, 5.74) is 4.77. The zero-order valence-corrected chi connectivity index (χ0v) is 12.7. The first-order valence-electron chi connectivity index (χ1n) is 6.89. The molecule has 3 N–H and O–H groups in total. The molecule has 0 saturated carbocycles. The lowest BCUT2D eigenvalue weighted by Crippen LogP contribution is -2.54. The van der Waals surface area contributed by atoms with Crippen LogP contribution in [0.15, 0.2) is 24.3 Å². The number of primary amides is 1. The molecule has 5 nitrogen and oxygen atoms in total. The molecule has 1 fully saturated rings. The van der Waals surface area contributed by atoms with Crippen LogP contribution in [0.1, 0.15) is 25.3 Å². The van der Waals surface area contributed by atoms with Gasteiger partial charge in [0.05, 0.1) is 12.5 Å². The van der Waals surface area contributed by atoms with E-state index in [1.807, 2.05) is 0 Å². The molecule has 6 heteroatoms. The Morgan fingerprint density at radius 1 is 1.48 bits per heavy atom. The molecule has 0 aromatic heterocycles. The first-order valence-corrected chi connectivity index (χ1v) is 7.27. The molecule has 1 saturated heterocycles. The van der Waals surface area contributed by atoms with E-state index in [2.05, 4.69) is 5.32 Å². The molecule has 1 aliphatic heterocycles. The minimum Gasteiger partial charge on any atom is -0.381 e. The maximum atomic E-state index is 12.3. The van der Waals surface area contributed by atoms with Crippen LogP contribution in [0, 0.1) is 5.92 Å². The van der Waals surface area contributed by atoms with Crippen molar-refractivity contribution in [2.45, 2.75) is 25.3 Å². The molecular weight excluding hydrogens is 292 g/mol. The maximum Gasteiger partial charge on any atom is 0.247 e. The van der Waals surface area contributed by atoms with Gasteiger partial charge in [0.1, 0.15) is 5.54 Å². The summed E-state index contributed by atoms with van der Waals surface area (Å²) in [6.45, 7) is 2.63. The third-order valence-electron chi connectivity index (χ3n) is 3.80. The van der Waals surface area contributed by atoms with Crippen molar-refractivity contribution in [2.75, 3.05) is 13.2 Å². The second-order valence-corrected chi connectivity index (χ2v) is 5.84. The Bertz CT molecular complexity index is 543. The van der Waals surface area contributed by atoms with Crippen LogP contribution in [0.4, 0.5) is 0 Å². The second-order valence-electron chi connectivity index (χ2n) is 5.40. The van der Waals surface area contributed by atoms with Crippen molar-refractivity contribution in [1.82, 2.24) is 5.32 Å². The van der Waals surface area contributed by atoms with Gasteiger partial charge in [-0.1, -0.05) is 23.7 Å². The molecule has 0 aliphatic carbocycles. The Balaban J connectivity index is 2.22. The summed E-state index contributed by atoms with van der Waals surface area (Å²) in [5, 5.41) is 3.24. The summed E-state index contributed by atoms with van der Waals surface area (Å²) in [6.07, 6.45) is 1.58. The highest BCUT2D eigenvalue weighted by Gasteiger charge is 2.37. The number of nitrogens with two attached hydrogens (primary N) is 1. The Morgan fingerprint density at radius 2 is 2.24 bits per heavy atom. The molecule has 0 unspecified atom stereocenters. The minimum absolute atomic E-state index is 0.226. The first-order chi connectivity index (χ1) is 9.93. The molecule has 0 bridgehead atoms. The van der Waals surface area contributed by atoms with Crippen molar-refractivity contribution in [2.24, 2.45) is 11.7 Å². The van der Waals surface area contributed by atoms with Crippen LogP contribution in [0.25, 0.3) is 0 Å². The van der Waals surface area contributed by atoms with Crippen molar-refractivity contribution in [3.05, 3.63) is 34.9 Å². The molecule has 1 heterocycles. The number of carbonyl (C=O) groups excluding carboxylic acids is 2. The molecule has 21 heavy (non-hydrogen) atoms. The lowest BCUT2D eigenvalue weighted by molar-refractivity contribution is -0.136. The van der Waals surface area contributed by atoms with Gasteiger partial charge in [-0.05, 0) is 37.5 Å². The van der Waals surface area contributed by atoms with E-state index in [9.17, 15) is 9.59 Å². The molecule has 1 aromatic rings. The van der Waals surface area contributed by atoms with Crippen molar-refractivity contribution in [1.29, 1.82) is 0 Å². The highest BCUT2D eigenvalue weighted by Crippen LogP contribution is 2.25. The zero-order chi connectivity index (χ0) is 15.5. The van der Waals surface area contributed by atoms with Gasteiger partial charge in [0.25, 0.3) is 0 Å². The largest absolute Gasteiger partial charge is 0.381 e. The summed E-state index contributed by atoms with van der Waals surface area (Å²) < 4.78 is 5.30. The van der Waals surface area contributed by atoms with E-state index in [-0.39, 0.29) is 11.8 Å². The standard InChI is InChI=1S/C15H19ClN2O3/c1-15(14(17)20,11-5-2-6-12(16)8-11)18-13(19)10-4-3-7-21-9-10/h2,5-6,8,10H,3-4,7,9H2,1H3,(H2,17,20)(H,18,19)/t10-,15+/m0/s1. The summed E-state index contributed by atoms with van der Waals surface area (Å²) in [6, 6.07) is 6.76. The predicted molar refractivity (Wildman–Crippen MR) is 79.7 cm³/mol. The lowest BCUT2D eigenvalue weighted by Gasteiger charge is -2.31. The first kappa shape index (κ1) is 15.8. The summed E-state index contributed by atoms with van der Waals surface area (Å²) >= 11 is 5.96. The number of carbonyl (C=O) groups is 2. The van der Waals surface area contributed by atoms with Crippen LogP contribution in [0.5, 0.6) is 0 Å².